The number of anilines is 2. The van der Waals surface area contributed by atoms with Gasteiger partial charge in [0.05, 0.1) is 27.3 Å². The van der Waals surface area contributed by atoms with Crippen molar-refractivity contribution in [2.24, 2.45) is 0 Å². The maximum Gasteiger partial charge on any atom is 0.323 e. The summed E-state index contributed by atoms with van der Waals surface area (Å²) in [5.41, 5.74) is 0.222. The lowest BCUT2D eigenvalue weighted by Crippen LogP contribution is -2.19. The van der Waals surface area contributed by atoms with E-state index in [4.69, 9.17) is 16.9 Å². The van der Waals surface area contributed by atoms with Crippen molar-refractivity contribution in [3.05, 3.63) is 57.1 Å². The molecule has 0 spiro atoms. The van der Waals surface area contributed by atoms with Crippen molar-refractivity contribution in [3.63, 3.8) is 0 Å². The maximum absolute atomic E-state index is 11.9. The third-order valence-electron chi connectivity index (χ3n) is 2.79. The van der Waals surface area contributed by atoms with E-state index < -0.39 is 16.7 Å². The monoisotopic (exact) mass is 332 g/mol. The summed E-state index contributed by atoms with van der Waals surface area (Å²) in [6, 6.07) is 8.80. The minimum atomic E-state index is -0.694. The number of rotatable bonds is 3. The molecule has 0 atom stereocenters. The molecule has 0 saturated heterocycles. The molecule has 8 nitrogen and oxygen atoms in total. The summed E-state index contributed by atoms with van der Waals surface area (Å²) in [6.45, 7) is 0. The van der Waals surface area contributed by atoms with Crippen LogP contribution in [-0.2, 0) is 0 Å². The minimum absolute atomic E-state index is 0.00238. The Bertz CT molecular complexity index is 832. The highest BCUT2D eigenvalue weighted by molar-refractivity contribution is 6.31. The number of phenols is 1. The van der Waals surface area contributed by atoms with Crippen LogP contribution in [0.3, 0.4) is 0 Å². The Morgan fingerprint density at radius 1 is 1.26 bits per heavy atom. The van der Waals surface area contributed by atoms with Crippen molar-refractivity contribution in [3.8, 4) is 11.8 Å². The fraction of sp³-hybridized carbons (Fsp3) is 0. The molecule has 0 heterocycles. The van der Waals surface area contributed by atoms with Crippen LogP contribution < -0.4 is 10.6 Å². The van der Waals surface area contributed by atoms with E-state index >= 15 is 0 Å². The summed E-state index contributed by atoms with van der Waals surface area (Å²) in [7, 11) is 0. The van der Waals surface area contributed by atoms with Crippen molar-refractivity contribution in [1.82, 2.24) is 0 Å². The number of carbonyl (C=O) groups is 1. The highest BCUT2D eigenvalue weighted by Gasteiger charge is 2.12. The van der Waals surface area contributed by atoms with Crippen LogP contribution in [0, 0.1) is 21.4 Å². The van der Waals surface area contributed by atoms with Crippen molar-refractivity contribution in [1.29, 1.82) is 5.26 Å². The van der Waals surface area contributed by atoms with E-state index in [1.54, 1.807) is 0 Å². The highest BCUT2D eigenvalue weighted by Crippen LogP contribution is 2.28. The molecule has 2 rings (SSSR count). The van der Waals surface area contributed by atoms with Crippen LogP contribution in [0.1, 0.15) is 5.56 Å². The number of nitro benzene ring substituents is 1. The zero-order chi connectivity index (χ0) is 17.0. The van der Waals surface area contributed by atoms with Crippen molar-refractivity contribution in [2.45, 2.75) is 0 Å². The number of urea groups is 1. The van der Waals surface area contributed by atoms with E-state index in [2.05, 4.69) is 10.6 Å². The topological polar surface area (TPSA) is 128 Å². The molecule has 0 fully saturated rings. The van der Waals surface area contributed by atoms with Gasteiger partial charge in [0.15, 0.2) is 0 Å². The normalized spacial score (nSPS) is 9.74. The Kier molecular flexibility index (Phi) is 4.64. The van der Waals surface area contributed by atoms with E-state index in [1.165, 1.54) is 24.3 Å². The Morgan fingerprint density at radius 2 is 2.00 bits per heavy atom. The quantitative estimate of drug-likeness (QED) is 0.450. The largest absolute Gasteiger partial charge is 0.506 e. The molecule has 0 radical (unpaired) electrons. The van der Waals surface area contributed by atoms with Gasteiger partial charge in [-0.05, 0) is 24.3 Å². The Morgan fingerprint density at radius 3 is 2.61 bits per heavy atom. The molecule has 9 heteroatoms. The number of benzene rings is 2. The molecule has 0 bridgehead atoms. The molecule has 0 unspecified atom stereocenters. The van der Waals surface area contributed by atoms with Gasteiger partial charge in [-0.15, -0.1) is 0 Å². The average Bonchev–Trinajstić information content (AvgIpc) is 2.51. The predicted octanol–water partition coefficient (Wildman–Crippen LogP) is 3.47. The molecule has 2 aromatic rings. The molecule has 0 aromatic heterocycles. The van der Waals surface area contributed by atoms with Gasteiger partial charge in [-0.1, -0.05) is 11.6 Å². The van der Waals surface area contributed by atoms with E-state index in [1.807, 2.05) is 6.07 Å². The molecule has 3 N–H and O–H groups in total. The average molecular weight is 333 g/mol. The second-order valence-corrected chi connectivity index (χ2v) is 4.75. The molecular weight excluding hydrogens is 324 g/mol. The van der Waals surface area contributed by atoms with E-state index in [-0.39, 0.29) is 22.0 Å². The summed E-state index contributed by atoms with van der Waals surface area (Å²) in [5, 5.41) is 34.2. The molecule has 116 valence electrons. The van der Waals surface area contributed by atoms with Crippen LogP contribution in [0.5, 0.6) is 5.75 Å². The van der Waals surface area contributed by atoms with Crippen LogP contribution in [0.25, 0.3) is 0 Å². The second kappa shape index (κ2) is 6.64. The molecule has 2 aromatic carbocycles. The molecule has 0 aliphatic heterocycles. The van der Waals surface area contributed by atoms with Gasteiger partial charge in [0.25, 0.3) is 5.69 Å². The Hall–Kier alpha value is -3.31. The SMILES string of the molecule is N#Cc1cc(NC(=O)Nc2ccc([N+](=O)[O-])cc2O)ccc1Cl. The second-order valence-electron chi connectivity index (χ2n) is 4.34. The third kappa shape index (κ3) is 3.87. The smallest absolute Gasteiger partial charge is 0.323 e. The number of nitriles is 1. The minimum Gasteiger partial charge on any atom is -0.506 e. The lowest BCUT2D eigenvalue weighted by atomic mass is 10.2. The van der Waals surface area contributed by atoms with E-state index in [0.29, 0.717) is 5.69 Å². The van der Waals surface area contributed by atoms with E-state index in [9.17, 15) is 20.0 Å². The van der Waals surface area contributed by atoms with Gasteiger partial charge >= 0.3 is 6.03 Å². The fourth-order valence-corrected chi connectivity index (χ4v) is 1.87. The summed E-state index contributed by atoms with van der Waals surface area (Å²) in [5.74, 6) is -0.442. The number of nitrogens with zero attached hydrogens (tertiary/aromatic N) is 2. The first-order valence-electron chi connectivity index (χ1n) is 6.16. The number of hydrogen-bond acceptors (Lipinski definition) is 5. The standard InChI is InChI=1S/C14H9ClN4O4/c15-11-3-1-9(5-8(11)7-16)17-14(21)18-12-4-2-10(19(22)23)6-13(12)20/h1-6,20H,(H2,17,18,21). The first-order valence-corrected chi connectivity index (χ1v) is 6.53. The molecule has 2 amide bonds. The fourth-order valence-electron chi connectivity index (χ4n) is 1.71. The van der Waals surface area contributed by atoms with E-state index in [0.717, 1.165) is 12.1 Å². The Labute approximate surface area is 135 Å². The predicted molar refractivity (Wildman–Crippen MR) is 83.6 cm³/mol. The Balaban J connectivity index is 2.11. The van der Waals surface area contributed by atoms with Gasteiger partial charge in [0, 0.05) is 11.8 Å². The number of carbonyl (C=O) groups excluding carboxylic acids is 1. The van der Waals surface area contributed by atoms with Gasteiger partial charge in [0.1, 0.15) is 11.8 Å². The summed E-state index contributed by atoms with van der Waals surface area (Å²) >= 11 is 5.78. The molecule has 0 aliphatic carbocycles. The summed E-state index contributed by atoms with van der Waals surface area (Å²) < 4.78 is 0. The lowest BCUT2D eigenvalue weighted by molar-refractivity contribution is -0.384. The number of aromatic hydroxyl groups is 1. The molecule has 0 aliphatic rings. The van der Waals surface area contributed by atoms with Crippen LogP contribution >= 0.6 is 11.6 Å². The maximum atomic E-state index is 11.9. The van der Waals surface area contributed by atoms with Crippen LogP contribution in [-0.4, -0.2) is 16.1 Å². The molecule has 23 heavy (non-hydrogen) atoms. The van der Waals surface area contributed by atoms with Crippen molar-refractivity contribution in [2.75, 3.05) is 10.6 Å². The zero-order valence-corrected chi connectivity index (χ0v) is 12.2. The van der Waals surface area contributed by atoms with Gasteiger partial charge < -0.3 is 15.7 Å². The zero-order valence-electron chi connectivity index (χ0n) is 11.4. The lowest BCUT2D eigenvalue weighted by Gasteiger charge is -2.09. The number of non-ortho nitro benzene ring substituents is 1. The van der Waals surface area contributed by atoms with Gasteiger partial charge in [0.2, 0.25) is 0 Å². The van der Waals surface area contributed by atoms with Gasteiger partial charge in [-0.2, -0.15) is 5.26 Å². The first-order chi connectivity index (χ1) is 10.9. The number of halogens is 1. The summed E-state index contributed by atoms with van der Waals surface area (Å²) in [4.78, 5) is 21.8. The highest BCUT2D eigenvalue weighted by atomic mass is 35.5. The number of phenolic OH excluding ortho intramolecular Hbond substituents is 1. The van der Waals surface area contributed by atoms with Crippen LogP contribution in [0.15, 0.2) is 36.4 Å². The van der Waals surface area contributed by atoms with Crippen molar-refractivity contribution < 1.29 is 14.8 Å². The van der Waals surface area contributed by atoms with Crippen molar-refractivity contribution >= 4 is 34.7 Å². The number of nitro groups is 1. The number of nitrogens with one attached hydrogen (secondary N) is 2. The molecular formula is C14H9ClN4O4. The number of hydrogen-bond donors (Lipinski definition) is 3. The van der Waals surface area contributed by atoms with Crippen LogP contribution in [0.2, 0.25) is 5.02 Å². The first kappa shape index (κ1) is 16.1. The summed E-state index contributed by atoms with van der Waals surface area (Å²) in [6.07, 6.45) is 0. The van der Waals surface area contributed by atoms with Crippen LogP contribution in [0.4, 0.5) is 21.9 Å². The van der Waals surface area contributed by atoms with Gasteiger partial charge in [-0.25, -0.2) is 4.79 Å². The number of amides is 2. The molecule has 0 saturated carbocycles. The third-order valence-corrected chi connectivity index (χ3v) is 3.11. The van der Waals surface area contributed by atoms with Gasteiger partial charge in [-0.3, -0.25) is 10.1 Å².